The quantitative estimate of drug-likeness (QED) is 0.312. The third-order valence-corrected chi connectivity index (χ3v) is 9.03. The van der Waals surface area contributed by atoms with Gasteiger partial charge in [0.25, 0.3) is 0 Å². The summed E-state index contributed by atoms with van der Waals surface area (Å²) in [4.78, 5) is 0. The highest BCUT2D eigenvalue weighted by Gasteiger charge is 2.38. The molecule has 6 nitrogen and oxygen atoms in total. The Morgan fingerprint density at radius 3 is 1.77 bits per heavy atom. The van der Waals surface area contributed by atoms with Crippen molar-refractivity contribution in [1.82, 2.24) is 0 Å². The molecule has 12 unspecified atom stereocenters. The van der Waals surface area contributed by atoms with Gasteiger partial charge in [0.1, 0.15) is 23.5 Å². The van der Waals surface area contributed by atoms with Gasteiger partial charge in [-0.1, -0.05) is 19.0 Å². The predicted molar refractivity (Wildman–Crippen MR) is 137 cm³/mol. The zero-order chi connectivity index (χ0) is 21.5. The van der Waals surface area contributed by atoms with Crippen LogP contribution in [0, 0.1) is 0 Å². The highest BCUT2D eigenvalue weighted by atomic mass is 31.1. The van der Waals surface area contributed by atoms with Crippen molar-refractivity contribution in [3.63, 3.8) is 0 Å². The summed E-state index contributed by atoms with van der Waals surface area (Å²) >= 11 is 0. The molecular weight excluding hydrogens is 438 g/mol. The summed E-state index contributed by atoms with van der Waals surface area (Å²) in [5, 5.41) is 10.2. The Kier molecular flexibility index (Phi) is 11.4. The van der Waals surface area contributed by atoms with E-state index in [2.05, 4.69) is 32.8 Å². The number of aliphatic hydroxyl groups excluding tert-OH is 1. The fraction of sp³-hybridized carbons (Fsp3) is 1.00. The van der Waals surface area contributed by atoms with Gasteiger partial charge >= 0.3 is 0 Å². The van der Waals surface area contributed by atoms with Crippen LogP contribution in [0.25, 0.3) is 0 Å². The summed E-state index contributed by atoms with van der Waals surface area (Å²) in [6.07, 6.45) is 9.22. The molecule has 0 spiro atoms. The maximum atomic E-state index is 10.2. The van der Waals surface area contributed by atoms with E-state index in [0.717, 1.165) is 56.7 Å². The van der Waals surface area contributed by atoms with Gasteiger partial charge in [-0.2, -0.15) is 0 Å². The number of hydrogen-bond donors (Lipinski definition) is 1. The topological polar surface area (TPSA) is 66.4 Å². The van der Waals surface area contributed by atoms with Crippen molar-refractivity contribution in [3.05, 3.63) is 0 Å². The van der Waals surface area contributed by atoms with Crippen LogP contribution < -0.4 is 0 Å². The van der Waals surface area contributed by atoms with Crippen LogP contribution in [0.2, 0.25) is 19.0 Å². The molecule has 30 heavy (non-hydrogen) atoms. The second-order valence-corrected chi connectivity index (χ2v) is 11.0. The first-order chi connectivity index (χ1) is 14.6. The third-order valence-electron chi connectivity index (χ3n) is 6.49. The van der Waals surface area contributed by atoms with Crippen LogP contribution >= 0.6 is 26.9 Å². The lowest BCUT2D eigenvalue weighted by molar-refractivity contribution is 0.0269. The van der Waals surface area contributed by atoms with Gasteiger partial charge in [-0.25, -0.2) is 0 Å². The van der Waals surface area contributed by atoms with Crippen LogP contribution in [0.1, 0.15) is 19.3 Å². The average molecular weight is 476 g/mol. The summed E-state index contributed by atoms with van der Waals surface area (Å²) in [6.45, 7) is 0. The highest BCUT2D eigenvalue weighted by molar-refractivity contribution is 7.32. The summed E-state index contributed by atoms with van der Waals surface area (Å²) in [5.41, 5.74) is 0. The van der Waals surface area contributed by atoms with Crippen molar-refractivity contribution in [3.8, 4) is 0 Å². The molecule has 0 aromatic heterocycles. The largest absolute Gasteiger partial charge is 0.390 e. The molecule has 170 valence electrons. The van der Waals surface area contributed by atoms with Gasteiger partial charge in [-0.15, -0.1) is 9.24 Å². The van der Waals surface area contributed by atoms with Gasteiger partial charge in [-0.05, 0) is 6.16 Å². The minimum absolute atomic E-state index is 0.0843. The van der Waals surface area contributed by atoms with Gasteiger partial charge < -0.3 is 28.4 Å². The van der Waals surface area contributed by atoms with Crippen molar-refractivity contribution < 1.29 is 28.4 Å². The normalized spacial score (nSPS) is 42.4. The van der Waals surface area contributed by atoms with Crippen LogP contribution in [0.15, 0.2) is 0 Å². The molecule has 0 radical (unpaired) electrons. The summed E-state index contributed by atoms with van der Waals surface area (Å²) in [6, 6.07) is 0. The number of hydrogen-bond acceptors (Lipinski definition) is 6. The van der Waals surface area contributed by atoms with E-state index >= 15 is 0 Å². The first-order valence-corrected chi connectivity index (χ1v) is 14.7. The number of rotatable bonds is 12. The second kappa shape index (κ2) is 13.2. The lowest BCUT2D eigenvalue weighted by atomic mass is 9.97. The van der Waals surface area contributed by atoms with Gasteiger partial charge in [0.2, 0.25) is 0 Å². The van der Waals surface area contributed by atoms with Crippen molar-refractivity contribution >= 4 is 50.4 Å². The van der Waals surface area contributed by atoms with E-state index in [1.165, 1.54) is 0 Å². The smallest absolute Gasteiger partial charge is 0.104 e. The summed E-state index contributed by atoms with van der Waals surface area (Å²) < 4.78 is 30.7. The van der Waals surface area contributed by atoms with Crippen molar-refractivity contribution in [2.45, 2.75) is 93.2 Å². The van der Waals surface area contributed by atoms with Crippen molar-refractivity contribution in [2.75, 3.05) is 18.5 Å². The SMILES string of the molecule is BCC1CC(O)C(CPOC2CC(CB)OC2CPOC2CC(CB)OC2CP)O1. The Hall–Kier alpha value is 1.24. The van der Waals surface area contributed by atoms with E-state index < -0.39 is 0 Å². The van der Waals surface area contributed by atoms with E-state index in [0.29, 0.717) is 23.7 Å². The molecule has 0 bridgehead atoms. The average Bonchev–Trinajstić information content (AvgIpc) is 3.45. The zero-order valence-electron chi connectivity index (χ0n) is 18.6. The van der Waals surface area contributed by atoms with Gasteiger partial charge in [0, 0.05) is 49.2 Å². The van der Waals surface area contributed by atoms with Gasteiger partial charge in [0.05, 0.1) is 54.9 Å². The highest BCUT2D eigenvalue weighted by Crippen LogP contribution is 2.37. The maximum absolute atomic E-state index is 10.2. The Labute approximate surface area is 190 Å². The van der Waals surface area contributed by atoms with Crippen LogP contribution in [-0.2, 0) is 23.3 Å². The van der Waals surface area contributed by atoms with E-state index in [-0.39, 0.29) is 48.8 Å². The van der Waals surface area contributed by atoms with Crippen LogP contribution in [0.4, 0.5) is 0 Å². The number of ether oxygens (including phenoxy) is 3. The first kappa shape index (κ1) is 25.9. The molecule has 0 saturated carbocycles. The van der Waals surface area contributed by atoms with E-state index in [1.807, 2.05) is 0 Å². The summed E-state index contributed by atoms with van der Waals surface area (Å²) in [7, 11) is 9.97. The molecule has 0 aromatic rings. The molecule has 3 rings (SSSR count). The molecule has 12 heteroatoms. The third kappa shape index (κ3) is 7.12. The Morgan fingerprint density at radius 1 is 0.767 bits per heavy atom. The molecule has 3 aliphatic rings. The molecule has 0 amide bonds. The first-order valence-electron chi connectivity index (χ1n) is 11.7. The van der Waals surface area contributed by atoms with E-state index in [4.69, 9.17) is 23.3 Å². The van der Waals surface area contributed by atoms with E-state index in [9.17, 15) is 5.11 Å². The monoisotopic (exact) mass is 476 g/mol. The van der Waals surface area contributed by atoms with Crippen molar-refractivity contribution in [2.24, 2.45) is 0 Å². The molecule has 1 N–H and O–H groups in total. The van der Waals surface area contributed by atoms with E-state index in [1.54, 1.807) is 0 Å². The molecule has 0 aromatic carbocycles. The minimum atomic E-state index is -0.356. The minimum Gasteiger partial charge on any atom is -0.390 e. The molecule has 0 aliphatic carbocycles. The fourth-order valence-corrected chi connectivity index (χ4v) is 7.09. The van der Waals surface area contributed by atoms with Gasteiger partial charge in [0.15, 0.2) is 0 Å². The fourth-order valence-electron chi connectivity index (χ4n) is 4.50. The standard InChI is InChI=1S/C18H38B3O6P3/c19-4-10-1-13(22)17(24-10)8-29-27-15-3-12(6-21)25-18(15)9-30-26-14-2-11(5-20)23-16(14)7-28/h10-18,22,29-30H,1-9,19-21,28H2. The maximum Gasteiger partial charge on any atom is 0.104 e. The second-order valence-electron chi connectivity index (χ2n) is 8.63. The van der Waals surface area contributed by atoms with Crippen LogP contribution in [0.3, 0.4) is 0 Å². The lowest BCUT2D eigenvalue weighted by Gasteiger charge is -2.22. The Morgan fingerprint density at radius 2 is 1.23 bits per heavy atom. The Bertz CT molecular complexity index is 514. The molecule has 3 heterocycles. The molecule has 3 fully saturated rings. The Balaban J connectivity index is 1.40. The molecule has 3 aliphatic heterocycles. The zero-order valence-corrected chi connectivity index (χ0v) is 21.8. The molecular formula is C18H38B3O6P3. The molecule has 12 atom stereocenters. The van der Waals surface area contributed by atoms with Crippen LogP contribution in [0.5, 0.6) is 0 Å². The van der Waals surface area contributed by atoms with Gasteiger partial charge in [-0.3, -0.25) is 0 Å². The predicted octanol–water partition coefficient (Wildman–Crippen LogP) is -0.194. The number of aliphatic hydroxyl groups is 1. The molecule has 3 saturated heterocycles. The lowest BCUT2D eigenvalue weighted by Crippen LogP contribution is -2.27. The summed E-state index contributed by atoms with van der Waals surface area (Å²) in [5.74, 6) is 0. The van der Waals surface area contributed by atoms with Crippen molar-refractivity contribution in [1.29, 1.82) is 0 Å². The van der Waals surface area contributed by atoms with Crippen LogP contribution in [-0.4, -0.2) is 102 Å².